The van der Waals surface area contributed by atoms with E-state index in [0.29, 0.717) is 6.79 Å². The van der Waals surface area contributed by atoms with Gasteiger partial charge in [-0.3, -0.25) is 4.90 Å². The largest absolute Gasteiger partial charge is 0.454 e. The molecular formula is C24H27N5O2. The van der Waals surface area contributed by atoms with Crippen molar-refractivity contribution in [2.75, 3.05) is 43.2 Å². The van der Waals surface area contributed by atoms with Crippen molar-refractivity contribution in [3.63, 3.8) is 0 Å². The molecule has 1 N–H and O–H groups in total. The first-order valence-electron chi connectivity index (χ1n) is 10.7. The van der Waals surface area contributed by atoms with Crippen LogP contribution in [0.4, 0.5) is 11.8 Å². The molecule has 0 radical (unpaired) electrons. The molecule has 31 heavy (non-hydrogen) atoms. The van der Waals surface area contributed by atoms with Crippen LogP contribution in [0, 0.1) is 6.92 Å². The first-order valence-corrected chi connectivity index (χ1v) is 10.7. The van der Waals surface area contributed by atoms with Gasteiger partial charge in [0, 0.05) is 51.0 Å². The fourth-order valence-electron chi connectivity index (χ4n) is 3.95. The van der Waals surface area contributed by atoms with Gasteiger partial charge in [-0.05, 0) is 30.2 Å². The number of hydrogen-bond donors (Lipinski definition) is 1. The molecule has 0 spiro atoms. The van der Waals surface area contributed by atoms with E-state index in [-0.39, 0.29) is 0 Å². The van der Waals surface area contributed by atoms with Gasteiger partial charge in [-0.25, -0.2) is 4.98 Å². The summed E-state index contributed by atoms with van der Waals surface area (Å²) in [6, 6.07) is 16.6. The molecule has 2 aliphatic rings. The summed E-state index contributed by atoms with van der Waals surface area (Å²) in [5.41, 5.74) is 3.54. The maximum absolute atomic E-state index is 5.50. The van der Waals surface area contributed by atoms with Gasteiger partial charge in [0.25, 0.3) is 0 Å². The molecule has 3 heterocycles. The van der Waals surface area contributed by atoms with Crippen LogP contribution in [-0.2, 0) is 13.1 Å². The second-order valence-corrected chi connectivity index (χ2v) is 7.99. The molecule has 2 aromatic carbocycles. The van der Waals surface area contributed by atoms with Gasteiger partial charge in [-0.15, -0.1) is 0 Å². The van der Waals surface area contributed by atoms with Crippen LogP contribution in [0.2, 0.25) is 0 Å². The number of aromatic nitrogens is 2. The summed E-state index contributed by atoms with van der Waals surface area (Å²) in [4.78, 5) is 14.1. The summed E-state index contributed by atoms with van der Waals surface area (Å²) < 4.78 is 10.9. The van der Waals surface area contributed by atoms with Gasteiger partial charge >= 0.3 is 0 Å². The van der Waals surface area contributed by atoms with Crippen molar-refractivity contribution >= 4 is 11.8 Å². The lowest BCUT2D eigenvalue weighted by Gasteiger charge is -2.35. The first-order chi connectivity index (χ1) is 15.2. The molecule has 7 nitrogen and oxygen atoms in total. The van der Waals surface area contributed by atoms with Crippen LogP contribution >= 0.6 is 0 Å². The third-order valence-corrected chi connectivity index (χ3v) is 5.76. The summed E-state index contributed by atoms with van der Waals surface area (Å²) in [7, 11) is 0. The van der Waals surface area contributed by atoms with Crippen LogP contribution < -0.4 is 19.7 Å². The maximum Gasteiger partial charge on any atom is 0.231 e. The molecule has 3 aromatic rings. The van der Waals surface area contributed by atoms with Gasteiger partial charge in [-0.2, -0.15) is 4.98 Å². The fraction of sp³-hybridized carbons (Fsp3) is 0.333. The van der Waals surface area contributed by atoms with Crippen molar-refractivity contribution in [2.24, 2.45) is 0 Å². The minimum atomic E-state index is 0.316. The Morgan fingerprint density at radius 1 is 0.935 bits per heavy atom. The van der Waals surface area contributed by atoms with E-state index in [0.717, 1.165) is 68.1 Å². The highest BCUT2D eigenvalue weighted by atomic mass is 16.7. The Hall–Kier alpha value is -3.32. The average molecular weight is 418 g/mol. The van der Waals surface area contributed by atoms with Crippen LogP contribution in [-0.4, -0.2) is 47.8 Å². The number of piperazine rings is 1. The van der Waals surface area contributed by atoms with Crippen molar-refractivity contribution in [2.45, 2.75) is 20.0 Å². The standard InChI is InChI=1S/C24H27N5O2/c1-18-14-26-24(27-23(18)25-15-19-5-3-2-4-6-19)29-11-9-28(10-12-29)16-20-7-8-21-22(13-20)31-17-30-21/h2-8,13-14H,9-12,15-17H2,1H3,(H,25,26,27). The molecule has 1 saturated heterocycles. The number of ether oxygens (including phenoxy) is 2. The predicted octanol–water partition coefficient (Wildman–Crippen LogP) is 3.45. The smallest absolute Gasteiger partial charge is 0.231 e. The van der Waals surface area contributed by atoms with Crippen LogP contribution in [0.15, 0.2) is 54.7 Å². The van der Waals surface area contributed by atoms with Crippen molar-refractivity contribution < 1.29 is 9.47 Å². The normalized spacial score (nSPS) is 15.8. The van der Waals surface area contributed by atoms with Gasteiger partial charge in [0.15, 0.2) is 11.5 Å². The molecular weight excluding hydrogens is 390 g/mol. The molecule has 7 heteroatoms. The monoisotopic (exact) mass is 417 g/mol. The van der Waals surface area contributed by atoms with Gasteiger partial charge in [-0.1, -0.05) is 36.4 Å². The van der Waals surface area contributed by atoms with E-state index < -0.39 is 0 Å². The zero-order valence-electron chi connectivity index (χ0n) is 17.8. The van der Waals surface area contributed by atoms with Crippen LogP contribution in [0.25, 0.3) is 0 Å². The SMILES string of the molecule is Cc1cnc(N2CCN(Cc3ccc4c(c3)OCO4)CC2)nc1NCc1ccccc1. The Labute approximate surface area is 182 Å². The Kier molecular flexibility index (Phi) is 5.58. The van der Waals surface area contributed by atoms with Crippen LogP contribution in [0.1, 0.15) is 16.7 Å². The molecule has 0 aliphatic carbocycles. The summed E-state index contributed by atoms with van der Waals surface area (Å²) in [5, 5.41) is 3.46. The van der Waals surface area contributed by atoms with E-state index >= 15 is 0 Å². The summed E-state index contributed by atoms with van der Waals surface area (Å²) in [6.45, 7) is 7.77. The molecule has 1 aromatic heterocycles. The van der Waals surface area contributed by atoms with Gasteiger partial charge in [0.1, 0.15) is 5.82 Å². The van der Waals surface area contributed by atoms with Crippen LogP contribution in [0.5, 0.6) is 11.5 Å². The van der Waals surface area contributed by atoms with E-state index in [2.05, 4.69) is 56.5 Å². The van der Waals surface area contributed by atoms with E-state index in [1.54, 1.807) is 0 Å². The maximum atomic E-state index is 5.50. The zero-order valence-corrected chi connectivity index (χ0v) is 17.8. The Balaban J connectivity index is 1.18. The van der Waals surface area contributed by atoms with Crippen molar-refractivity contribution in [3.8, 4) is 11.5 Å². The van der Waals surface area contributed by atoms with E-state index in [4.69, 9.17) is 14.5 Å². The van der Waals surface area contributed by atoms with Crippen molar-refractivity contribution in [1.29, 1.82) is 0 Å². The summed E-state index contributed by atoms with van der Waals surface area (Å²) in [5.74, 6) is 3.38. The number of nitrogens with one attached hydrogen (secondary N) is 1. The minimum Gasteiger partial charge on any atom is -0.454 e. The zero-order chi connectivity index (χ0) is 21.0. The molecule has 5 rings (SSSR count). The van der Waals surface area contributed by atoms with Crippen molar-refractivity contribution in [3.05, 3.63) is 71.4 Å². The van der Waals surface area contributed by atoms with E-state index in [1.807, 2.05) is 25.3 Å². The molecule has 0 bridgehead atoms. The van der Waals surface area contributed by atoms with Gasteiger partial charge < -0.3 is 19.7 Å². The second kappa shape index (κ2) is 8.81. The third kappa shape index (κ3) is 4.56. The summed E-state index contributed by atoms with van der Waals surface area (Å²) >= 11 is 0. The number of anilines is 2. The first kappa shape index (κ1) is 19.6. The van der Waals surface area contributed by atoms with Gasteiger partial charge in [0.2, 0.25) is 12.7 Å². The highest BCUT2D eigenvalue weighted by Gasteiger charge is 2.21. The number of fused-ring (bicyclic) bond motifs is 1. The third-order valence-electron chi connectivity index (χ3n) is 5.76. The highest BCUT2D eigenvalue weighted by Crippen LogP contribution is 2.33. The molecule has 1 fully saturated rings. The number of rotatable bonds is 6. The molecule has 0 unspecified atom stereocenters. The lowest BCUT2D eigenvalue weighted by atomic mass is 10.1. The number of hydrogen-bond acceptors (Lipinski definition) is 7. The number of benzene rings is 2. The minimum absolute atomic E-state index is 0.316. The lowest BCUT2D eigenvalue weighted by molar-refractivity contribution is 0.174. The Bertz CT molecular complexity index is 1040. The Morgan fingerprint density at radius 3 is 2.58 bits per heavy atom. The van der Waals surface area contributed by atoms with Crippen LogP contribution in [0.3, 0.4) is 0 Å². The number of nitrogens with zero attached hydrogens (tertiary/aromatic N) is 4. The number of aryl methyl sites for hydroxylation is 1. The van der Waals surface area contributed by atoms with Crippen molar-refractivity contribution in [1.82, 2.24) is 14.9 Å². The molecule has 160 valence electrons. The quantitative estimate of drug-likeness (QED) is 0.659. The molecule has 0 saturated carbocycles. The molecule has 0 atom stereocenters. The van der Waals surface area contributed by atoms with E-state index in [1.165, 1.54) is 11.1 Å². The lowest BCUT2D eigenvalue weighted by Crippen LogP contribution is -2.46. The molecule has 0 amide bonds. The second-order valence-electron chi connectivity index (χ2n) is 7.99. The average Bonchev–Trinajstić information content (AvgIpc) is 3.28. The predicted molar refractivity (Wildman–Crippen MR) is 121 cm³/mol. The van der Waals surface area contributed by atoms with E-state index in [9.17, 15) is 0 Å². The molecule has 2 aliphatic heterocycles. The highest BCUT2D eigenvalue weighted by molar-refractivity contribution is 5.48. The Morgan fingerprint density at radius 2 is 1.74 bits per heavy atom. The fourth-order valence-corrected chi connectivity index (χ4v) is 3.95. The van der Waals surface area contributed by atoms with Gasteiger partial charge in [0.05, 0.1) is 0 Å². The topological polar surface area (TPSA) is 62.8 Å². The summed E-state index contributed by atoms with van der Waals surface area (Å²) in [6.07, 6.45) is 1.91.